The summed E-state index contributed by atoms with van der Waals surface area (Å²) in [6.07, 6.45) is 3.80. The predicted molar refractivity (Wildman–Crippen MR) is 50.1 cm³/mol. The molecule has 1 rings (SSSR count). The van der Waals surface area contributed by atoms with Gasteiger partial charge in [-0.05, 0) is 0 Å². The van der Waals surface area contributed by atoms with Crippen molar-refractivity contribution in [3.63, 3.8) is 0 Å². The molecule has 2 N–H and O–H groups in total. The van der Waals surface area contributed by atoms with Crippen LogP contribution in [0, 0.1) is 0 Å². The summed E-state index contributed by atoms with van der Waals surface area (Å²) in [6.45, 7) is 4.49. The Balaban J connectivity index is 2.33. The van der Waals surface area contributed by atoms with Crippen molar-refractivity contribution in [3.8, 4) is 0 Å². The first-order valence-electron chi connectivity index (χ1n) is 4.24. The van der Waals surface area contributed by atoms with Gasteiger partial charge in [0.25, 0.3) is 0 Å². The van der Waals surface area contributed by atoms with Crippen LogP contribution in [0.4, 0.5) is 0 Å². The Hall–Kier alpha value is -0.0105. The van der Waals surface area contributed by atoms with Crippen LogP contribution in [0.15, 0.2) is 4.99 Å². The zero-order valence-corrected chi connectivity index (χ0v) is 8.92. The molecule has 0 aromatic heterocycles. The van der Waals surface area contributed by atoms with Crippen LogP contribution in [-0.2, 0) is 0 Å². The van der Waals surface area contributed by atoms with Gasteiger partial charge in [-0.25, -0.2) is 0 Å². The van der Waals surface area contributed by atoms with Gasteiger partial charge in [-0.2, -0.15) is 0 Å². The molecule has 0 spiro atoms. The van der Waals surface area contributed by atoms with Gasteiger partial charge in [-0.3, -0.25) is 0 Å². The van der Waals surface area contributed by atoms with E-state index in [1.54, 1.807) is 0 Å². The van der Waals surface area contributed by atoms with Gasteiger partial charge >= 0.3 is 74.4 Å². The standard InChI is InChI=1S/C8H16N2Se/c1-3-4-5-7-6(2)11-8(9)10-7/h6-7H,3-5H2,1-2H3,(H2,9,10). The van der Waals surface area contributed by atoms with Crippen LogP contribution in [0.5, 0.6) is 0 Å². The SMILES string of the molecule is CCCCC1N=C(N)[Se]C1C. The Bertz CT molecular complexity index is 156. The fraction of sp³-hybridized carbons (Fsp3) is 0.875. The van der Waals surface area contributed by atoms with E-state index < -0.39 is 0 Å². The van der Waals surface area contributed by atoms with Crippen LogP contribution >= 0.6 is 0 Å². The molecule has 1 heterocycles. The van der Waals surface area contributed by atoms with E-state index in [-0.39, 0.29) is 0 Å². The third-order valence-corrected chi connectivity index (χ3v) is 4.16. The van der Waals surface area contributed by atoms with Gasteiger partial charge in [0.15, 0.2) is 0 Å². The normalized spacial score (nSPS) is 30.5. The zero-order chi connectivity index (χ0) is 8.27. The molecule has 0 saturated carbocycles. The van der Waals surface area contributed by atoms with Gasteiger partial charge in [0.1, 0.15) is 0 Å². The molecule has 1 aliphatic rings. The van der Waals surface area contributed by atoms with Crippen LogP contribution in [0.1, 0.15) is 33.1 Å². The first-order chi connectivity index (χ1) is 5.24. The third kappa shape index (κ3) is 2.49. The summed E-state index contributed by atoms with van der Waals surface area (Å²) in [4.78, 5) is 5.17. The molecule has 2 atom stereocenters. The van der Waals surface area contributed by atoms with Gasteiger partial charge in [0, 0.05) is 0 Å². The maximum absolute atomic E-state index is 5.67. The molecule has 11 heavy (non-hydrogen) atoms. The molecule has 0 fully saturated rings. The monoisotopic (exact) mass is 220 g/mol. The minimum absolute atomic E-state index is 0.485. The zero-order valence-electron chi connectivity index (χ0n) is 7.21. The van der Waals surface area contributed by atoms with Crippen molar-refractivity contribution in [1.82, 2.24) is 0 Å². The summed E-state index contributed by atoms with van der Waals surface area (Å²) in [6, 6.07) is 0.551. The average molecular weight is 219 g/mol. The van der Waals surface area contributed by atoms with Crippen molar-refractivity contribution in [2.75, 3.05) is 0 Å². The Kier molecular flexibility index (Phi) is 3.41. The second-order valence-corrected chi connectivity index (χ2v) is 5.93. The van der Waals surface area contributed by atoms with E-state index in [1.165, 1.54) is 19.3 Å². The van der Waals surface area contributed by atoms with E-state index in [0.717, 1.165) is 9.55 Å². The van der Waals surface area contributed by atoms with Gasteiger partial charge in [-0.1, -0.05) is 0 Å². The van der Waals surface area contributed by atoms with Crippen LogP contribution in [-0.4, -0.2) is 25.7 Å². The number of nitrogens with zero attached hydrogens (tertiary/aromatic N) is 1. The van der Waals surface area contributed by atoms with E-state index >= 15 is 0 Å². The van der Waals surface area contributed by atoms with E-state index in [1.807, 2.05) is 0 Å². The molecule has 0 aliphatic carbocycles. The fourth-order valence-corrected chi connectivity index (χ4v) is 3.23. The van der Waals surface area contributed by atoms with E-state index in [0.29, 0.717) is 21.0 Å². The summed E-state index contributed by atoms with van der Waals surface area (Å²) in [5, 5.41) is 0. The molecule has 0 radical (unpaired) electrons. The van der Waals surface area contributed by atoms with Gasteiger partial charge in [0.05, 0.1) is 0 Å². The Morgan fingerprint density at radius 1 is 1.64 bits per heavy atom. The number of aliphatic imine (C=N–C) groups is 1. The molecule has 3 heteroatoms. The van der Waals surface area contributed by atoms with Crippen molar-refractivity contribution < 1.29 is 0 Å². The van der Waals surface area contributed by atoms with E-state index in [9.17, 15) is 0 Å². The Morgan fingerprint density at radius 2 is 2.36 bits per heavy atom. The first-order valence-corrected chi connectivity index (χ1v) is 6.08. The van der Waals surface area contributed by atoms with Gasteiger partial charge in [-0.15, -0.1) is 0 Å². The number of hydrogen-bond acceptors (Lipinski definition) is 2. The minimum atomic E-state index is 0.485. The topological polar surface area (TPSA) is 38.4 Å². The van der Waals surface area contributed by atoms with Crippen molar-refractivity contribution in [2.45, 2.75) is 44.0 Å². The van der Waals surface area contributed by atoms with Crippen LogP contribution in [0.2, 0.25) is 4.82 Å². The number of hydrogen-bond donors (Lipinski definition) is 1. The van der Waals surface area contributed by atoms with Crippen molar-refractivity contribution in [3.05, 3.63) is 0 Å². The summed E-state index contributed by atoms with van der Waals surface area (Å²) in [5.74, 6) is 0. The van der Waals surface area contributed by atoms with Crippen molar-refractivity contribution in [1.29, 1.82) is 0 Å². The second kappa shape index (κ2) is 4.12. The molecule has 2 unspecified atom stereocenters. The summed E-state index contributed by atoms with van der Waals surface area (Å²) >= 11 is 0.485. The Labute approximate surface area is 74.8 Å². The summed E-state index contributed by atoms with van der Waals surface area (Å²) in [7, 11) is 0. The second-order valence-electron chi connectivity index (χ2n) is 3.00. The molecule has 2 nitrogen and oxygen atoms in total. The van der Waals surface area contributed by atoms with Gasteiger partial charge < -0.3 is 0 Å². The summed E-state index contributed by atoms with van der Waals surface area (Å²) < 4.78 is 0.922. The molecule has 1 aliphatic heterocycles. The van der Waals surface area contributed by atoms with Crippen LogP contribution in [0.3, 0.4) is 0 Å². The number of rotatable bonds is 3. The Morgan fingerprint density at radius 3 is 2.82 bits per heavy atom. The quantitative estimate of drug-likeness (QED) is 0.715. The van der Waals surface area contributed by atoms with E-state index in [2.05, 4.69) is 18.8 Å². The number of nitrogens with two attached hydrogens (primary N) is 1. The molecule has 0 aromatic rings. The molecule has 0 amide bonds. The third-order valence-electron chi connectivity index (χ3n) is 2.00. The van der Waals surface area contributed by atoms with Gasteiger partial charge in [0.2, 0.25) is 0 Å². The number of unbranched alkanes of at least 4 members (excludes halogenated alkanes) is 1. The van der Waals surface area contributed by atoms with Crippen LogP contribution in [0.25, 0.3) is 0 Å². The molecule has 0 bridgehead atoms. The number of amidine groups is 1. The van der Waals surface area contributed by atoms with Crippen molar-refractivity contribution >= 4 is 19.7 Å². The molecule has 0 aromatic carbocycles. The van der Waals surface area contributed by atoms with Crippen molar-refractivity contribution in [2.24, 2.45) is 10.7 Å². The molecule has 0 saturated heterocycles. The molecular weight excluding hydrogens is 203 g/mol. The summed E-state index contributed by atoms with van der Waals surface area (Å²) in [5.41, 5.74) is 5.67. The molecule has 64 valence electrons. The first kappa shape index (κ1) is 9.08. The molecular formula is C8H16N2Se. The van der Waals surface area contributed by atoms with E-state index in [4.69, 9.17) is 5.73 Å². The predicted octanol–water partition coefficient (Wildman–Crippen LogP) is 1.39. The average Bonchev–Trinajstić information content (AvgIpc) is 2.26. The maximum atomic E-state index is 5.67. The fourth-order valence-electron chi connectivity index (χ4n) is 1.28. The van der Waals surface area contributed by atoms with Crippen LogP contribution < -0.4 is 5.73 Å².